The van der Waals surface area contributed by atoms with Gasteiger partial charge in [-0.3, -0.25) is 14.3 Å². The second-order valence-corrected chi connectivity index (χ2v) is 7.59. The Morgan fingerprint density at radius 1 is 1.00 bits per heavy atom. The number of benzene rings is 2. The lowest BCUT2D eigenvalue weighted by atomic mass is 9.84. The van der Waals surface area contributed by atoms with Crippen LogP contribution in [0.25, 0.3) is 17.8 Å². The zero-order valence-corrected chi connectivity index (χ0v) is 16.5. The average molecular weight is 376 g/mol. The van der Waals surface area contributed by atoms with E-state index >= 15 is 0 Å². The number of hydrogen-bond acceptors (Lipinski definition) is 3. The second-order valence-electron chi connectivity index (χ2n) is 7.59. The Hall–Kier alpha value is -3.34. The molecule has 1 aromatic heterocycles. The largest absolute Gasteiger partial charge is 0.496 e. The minimum absolute atomic E-state index is 0.206. The van der Waals surface area contributed by atoms with E-state index in [0.717, 1.165) is 22.4 Å². The van der Waals surface area contributed by atoms with Gasteiger partial charge in [0.1, 0.15) is 5.75 Å². The predicted molar refractivity (Wildman–Crippen MR) is 113 cm³/mol. The number of rotatable bonds is 4. The van der Waals surface area contributed by atoms with Gasteiger partial charge in [0.2, 0.25) is 0 Å². The summed E-state index contributed by atoms with van der Waals surface area (Å²) in [5, 5.41) is 0. The highest BCUT2D eigenvalue weighted by atomic mass is 16.5. The van der Waals surface area contributed by atoms with Crippen molar-refractivity contribution in [1.82, 2.24) is 9.55 Å². The van der Waals surface area contributed by atoms with Crippen LogP contribution in [0.4, 0.5) is 0 Å². The Bertz CT molecular complexity index is 1120. The first-order chi connectivity index (χ1) is 13.3. The molecule has 0 aliphatic heterocycles. The summed E-state index contributed by atoms with van der Waals surface area (Å²) in [6, 6.07) is 15.1. The molecule has 3 rings (SSSR count). The van der Waals surface area contributed by atoms with Crippen molar-refractivity contribution >= 4 is 12.2 Å². The van der Waals surface area contributed by atoms with Crippen molar-refractivity contribution in [3.63, 3.8) is 0 Å². The number of hydrogen-bond donors (Lipinski definition) is 1. The Morgan fingerprint density at radius 2 is 1.71 bits per heavy atom. The standard InChI is InChI=1S/C23H24N2O3/c1-23(2,3)19-15-18(25-13-12-20(26)24-22(25)27)14-17(21(19)28-4)11-10-16-8-6-5-7-9-16/h5-15H,1-4H3,(H,24,26,27)/b11-10+. The van der Waals surface area contributed by atoms with Gasteiger partial charge in [0.25, 0.3) is 5.56 Å². The van der Waals surface area contributed by atoms with Crippen LogP contribution >= 0.6 is 0 Å². The molecule has 1 N–H and O–H groups in total. The van der Waals surface area contributed by atoms with Gasteiger partial charge in [-0.2, -0.15) is 0 Å². The molecule has 0 saturated heterocycles. The van der Waals surface area contributed by atoms with Crippen LogP contribution in [-0.4, -0.2) is 16.7 Å². The van der Waals surface area contributed by atoms with Gasteiger partial charge in [-0.25, -0.2) is 4.79 Å². The summed E-state index contributed by atoms with van der Waals surface area (Å²) < 4.78 is 7.16. The van der Waals surface area contributed by atoms with Crippen LogP contribution in [0.1, 0.15) is 37.5 Å². The molecule has 3 aromatic rings. The van der Waals surface area contributed by atoms with E-state index in [1.807, 2.05) is 54.6 Å². The number of ether oxygens (including phenoxy) is 1. The zero-order valence-electron chi connectivity index (χ0n) is 16.5. The molecule has 0 bridgehead atoms. The highest BCUT2D eigenvalue weighted by Crippen LogP contribution is 2.37. The molecule has 28 heavy (non-hydrogen) atoms. The molecule has 0 radical (unpaired) electrons. The molecule has 0 spiro atoms. The number of nitrogens with zero attached hydrogens (tertiary/aromatic N) is 1. The van der Waals surface area contributed by atoms with E-state index in [1.54, 1.807) is 7.11 Å². The molecule has 5 heteroatoms. The molecule has 0 fully saturated rings. The Morgan fingerprint density at radius 3 is 2.32 bits per heavy atom. The van der Waals surface area contributed by atoms with E-state index in [0.29, 0.717) is 5.69 Å². The molecule has 2 aromatic carbocycles. The van der Waals surface area contributed by atoms with Gasteiger partial charge >= 0.3 is 5.69 Å². The van der Waals surface area contributed by atoms with Crippen molar-refractivity contribution in [3.05, 3.63) is 92.3 Å². The van der Waals surface area contributed by atoms with Gasteiger partial charge in [-0.15, -0.1) is 0 Å². The summed E-state index contributed by atoms with van der Waals surface area (Å²) >= 11 is 0. The number of aromatic amines is 1. The number of methoxy groups -OCH3 is 1. The monoisotopic (exact) mass is 376 g/mol. The number of nitrogens with one attached hydrogen (secondary N) is 1. The SMILES string of the molecule is COc1c(/C=C/c2ccccc2)cc(-n2ccc(=O)[nH]c2=O)cc1C(C)(C)C. The third-order valence-corrected chi connectivity index (χ3v) is 4.47. The summed E-state index contributed by atoms with van der Waals surface area (Å²) in [6.45, 7) is 6.28. The molecule has 0 saturated carbocycles. The average Bonchev–Trinajstić information content (AvgIpc) is 2.65. The minimum atomic E-state index is -0.476. The van der Waals surface area contributed by atoms with Crippen LogP contribution in [0.5, 0.6) is 5.75 Å². The Balaban J connectivity index is 2.23. The molecule has 0 aliphatic rings. The summed E-state index contributed by atoms with van der Waals surface area (Å²) in [6.07, 6.45) is 5.47. The van der Waals surface area contributed by atoms with E-state index in [4.69, 9.17) is 4.74 Å². The Kier molecular flexibility index (Phi) is 5.36. The molecule has 0 atom stereocenters. The number of aromatic nitrogens is 2. The molecular formula is C23H24N2O3. The first-order valence-corrected chi connectivity index (χ1v) is 9.07. The lowest BCUT2D eigenvalue weighted by Gasteiger charge is -2.25. The minimum Gasteiger partial charge on any atom is -0.496 e. The summed E-state index contributed by atoms with van der Waals surface area (Å²) in [4.78, 5) is 26.0. The third kappa shape index (κ3) is 4.14. The third-order valence-electron chi connectivity index (χ3n) is 4.47. The normalized spacial score (nSPS) is 11.7. The fourth-order valence-corrected chi connectivity index (χ4v) is 3.05. The van der Waals surface area contributed by atoms with Crippen LogP contribution in [-0.2, 0) is 5.41 Å². The van der Waals surface area contributed by atoms with E-state index in [9.17, 15) is 9.59 Å². The molecule has 0 unspecified atom stereocenters. The van der Waals surface area contributed by atoms with Gasteiger partial charge in [0.15, 0.2) is 0 Å². The van der Waals surface area contributed by atoms with Crippen molar-refractivity contribution in [2.45, 2.75) is 26.2 Å². The van der Waals surface area contributed by atoms with Crippen molar-refractivity contribution in [1.29, 1.82) is 0 Å². The molecule has 0 aliphatic carbocycles. The fourth-order valence-electron chi connectivity index (χ4n) is 3.05. The summed E-state index contributed by atoms with van der Waals surface area (Å²) in [5.74, 6) is 0.765. The number of H-pyrrole nitrogens is 1. The summed E-state index contributed by atoms with van der Waals surface area (Å²) in [7, 11) is 1.65. The first kappa shape index (κ1) is 19.4. The molecule has 0 amide bonds. The Labute approximate surface area is 163 Å². The highest BCUT2D eigenvalue weighted by molar-refractivity contribution is 5.75. The lowest BCUT2D eigenvalue weighted by molar-refractivity contribution is 0.396. The van der Waals surface area contributed by atoms with Crippen molar-refractivity contribution in [2.24, 2.45) is 0 Å². The van der Waals surface area contributed by atoms with Gasteiger partial charge in [-0.05, 0) is 23.1 Å². The smallest absolute Gasteiger partial charge is 0.332 e. The highest BCUT2D eigenvalue weighted by Gasteiger charge is 2.22. The zero-order chi connectivity index (χ0) is 20.3. The maximum Gasteiger partial charge on any atom is 0.332 e. The molecule has 1 heterocycles. The van der Waals surface area contributed by atoms with Crippen LogP contribution in [0.3, 0.4) is 0 Å². The first-order valence-electron chi connectivity index (χ1n) is 9.07. The van der Waals surface area contributed by atoms with Gasteiger partial charge in [-0.1, -0.05) is 63.3 Å². The lowest BCUT2D eigenvalue weighted by Crippen LogP contribution is -2.28. The van der Waals surface area contributed by atoms with E-state index in [2.05, 4.69) is 25.8 Å². The second kappa shape index (κ2) is 7.72. The van der Waals surface area contributed by atoms with Crippen molar-refractivity contribution in [3.8, 4) is 11.4 Å². The van der Waals surface area contributed by atoms with Crippen molar-refractivity contribution in [2.75, 3.05) is 7.11 Å². The summed E-state index contributed by atoms with van der Waals surface area (Å²) in [5.41, 5.74) is 2.45. The molecule has 5 nitrogen and oxygen atoms in total. The molecule has 144 valence electrons. The van der Waals surface area contributed by atoms with Gasteiger partial charge < -0.3 is 4.74 Å². The van der Waals surface area contributed by atoms with Crippen LogP contribution < -0.4 is 16.0 Å². The van der Waals surface area contributed by atoms with Crippen LogP contribution in [0.2, 0.25) is 0 Å². The van der Waals surface area contributed by atoms with E-state index < -0.39 is 11.2 Å². The van der Waals surface area contributed by atoms with Gasteiger partial charge in [0, 0.05) is 23.4 Å². The van der Waals surface area contributed by atoms with Crippen molar-refractivity contribution < 1.29 is 4.74 Å². The quantitative estimate of drug-likeness (QED) is 0.700. The van der Waals surface area contributed by atoms with Crippen LogP contribution in [0.15, 0.2) is 64.3 Å². The predicted octanol–water partition coefficient (Wildman–Crippen LogP) is 4.00. The maximum atomic E-state index is 12.3. The topological polar surface area (TPSA) is 64.1 Å². The van der Waals surface area contributed by atoms with Gasteiger partial charge in [0.05, 0.1) is 12.8 Å². The maximum absolute atomic E-state index is 12.3. The van der Waals surface area contributed by atoms with E-state index in [1.165, 1.54) is 16.8 Å². The van der Waals surface area contributed by atoms with E-state index in [-0.39, 0.29) is 5.41 Å². The molecular weight excluding hydrogens is 352 g/mol. The van der Waals surface area contributed by atoms with Crippen LogP contribution in [0, 0.1) is 0 Å². The fraction of sp³-hybridized carbons (Fsp3) is 0.217.